The van der Waals surface area contributed by atoms with Crippen LogP contribution < -0.4 is 5.32 Å². The molecule has 2 N–H and O–H groups in total. The fourth-order valence-electron chi connectivity index (χ4n) is 4.38. The minimum atomic E-state index is -0.474. The van der Waals surface area contributed by atoms with Crippen molar-refractivity contribution in [2.75, 3.05) is 11.1 Å². The number of anilines is 1. The van der Waals surface area contributed by atoms with Gasteiger partial charge in [0.15, 0.2) is 0 Å². The zero-order chi connectivity index (χ0) is 26.6. The molecule has 0 fully saturated rings. The number of benzene rings is 4. The van der Waals surface area contributed by atoms with E-state index in [4.69, 9.17) is 9.97 Å². The Kier molecular flexibility index (Phi) is 6.89. The van der Waals surface area contributed by atoms with Crippen LogP contribution in [0.2, 0.25) is 0 Å². The Morgan fingerprint density at radius 2 is 1.46 bits per heavy atom. The number of halogens is 1. The number of nitrogens with zero attached hydrogens (tertiary/aromatic N) is 2. The molecule has 0 unspecified atom stereocenters. The zero-order valence-corrected chi connectivity index (χ0v) is 21.6. The van der Waals surface area contributed by atoms with Crippen molar-refractivity contribution in [1.82, 2.24) is 15.0 Å². The van der Waals surface area contributed by atoms with Crippen LogP contribution in [0.1, 0.15) is 0 Å². The van der Waals surface area contributed by atoms with Gasteiger partial charge >= 0.3 is 0 Å². The van der Waals surface area contributed by atoms with Crippen molar-refractivity contribution in [3.63, 3.8) is 0 Å². The van der Waals surface area contributed by atoms with Crippen LogP contribution in [0.25, 0.3) is 44.8 Å². The van der Waals surface area contributed by atoms with Crippen LogP contribution in [0.15, 0.2) is 120 Å². The molecule has 0 saturated carbocycles. The fraction of sp³-hybridized carbons (Fsp3) is 0.0312. The van der Waals surface area contributed by atoms with Gasteiger partial charge in [0.1, 0.15) is 16.7 Å². The lowest BCUT2D eigenvalue weighted by Crippen LogP contribution is -2.15. The lowest BCUT2D eigenvalue weighted by molar-refractivity contribution is -0.113. The van der Waals surface area contributed by atoms with Crippen molar-refractivity contribution in [3.8, 4) is 33.9 Å². The highest BCUT2D eigenvalue weighted by molar-refractivity contribution is 8.00. The van der Waals surface area contributed by atoms with Gasteiger partial charge in [0.25, 0.3) is 0 Å². The van der Waals surface area contributed by atoms with Gasteiger partial charge in [-0.25, -0.2) is 14.4 Å². The van der Waals surface area contributed by atoms with Gasteiger partial charge in [0.2, 0.25) is 5.91 Å². The van der Waals surface area contributed by atoms with Gasteiger partial charge in [-0.3, -0.25) is 4.79 Å². The highest BCUT2D eigenvalue weighted by atomic mass is 32.2. The molecular weight excluding hydrogens is 507 g/mol. The monoisotopic (exact) mass is 530 g/mol. The number of carbonyl (C=O) groups excluding carboxylic acids is 1. The average Bonchev–Trinajstić information content (AvgIpc) is 3.43. The topological polar surface area (TPSA) is 70.7 Å². The first-order valence-electron chi connectivity index (χ1n) is 12.4. The summed E-state index contributed by atoms with van der Waals surface area (Å²) in [6.45, 7) is 0. The zero-order valence-electron chi connectivity index (χ0n) is 20.8. The first-order valence-corrected chi connectivity index (χ1v) is 13.4. The lowest BCUT2D eigenvalue weighted by Gasteiger charge is -2.10. The number of fused-ring (bicyclic) bond motifs is 1. The minimum absolute atomic E-state index is 0.0600. The largest absolute Gasteiger partial charge is 0.337 e. The summed E-state index contributed by atoms with van der Waals surface area (Å²) in [6.07, 6.45) is 0. The molecule has 2 heterocycles. The number of nitrogens with one attached hydrogen (secondary N) is 2. The number of hydrogen-bond donors (Lipinski definition) is 2. The number of hydrogen-bond acceptors (Lipinski definition) is 4. The third kappa shape index (κ3) is 5.30. The summed E-state index contributed by atoms with van der Waals surface area (Å²) in [5.74, 6) is -0.0778. The van der Waals surface area contributed by atoms with Crippen LogP contribution in [-0.2, 0) is 4.79 Å². The van der Waals surface area contributed by atoms with E-state index in [1.165, 1.54) is 23.9 Å². The molecule has 1 amide bonds. The Bertz CT molecular complexity index is 1710. The SMILES string of the molecule is O=C(CSc1nc2ccccc2cc1-c1nc(-c2ccccc2)c(-c2ccccc2)[nH]1)Nc1ccccc1F. The highest BCUT2D eigenvalue weighted by Crippen LogP contribution is 2.37. The number of amides is 1. The molecule has 6 aromatic rings. The Hall–Kier alpha value is -4.75. The van der Waals surface area contributed by atoms with E-state index in [1.54, 1.807) is 12.1 Å². The number of thioether (sulfide) groups is 1. The molecule has 0 aliphatic heterocycles. The van der Waals surface area contributed by atoms with Gasteiger partial charge in [-0.15, -0.1) is 0 Å². The minimum Gasteiger partial charge on any atom is -0.337 e. The first kappa shape index (κ1) is 24.6. The number of imidazole rings is 1. The third-order valence-corrected chi connectivity index (χ3v) is 7.24. The molecule has 0 atom stereocenters. The molecule has 0 bridgehead atoms. The van der Waals surface area contributed by atoms with E-state index in [0.717, 1.165) is 39.0 Å². The Morgan fingerprint density at radius 1 is 0.795 bits per heavy atom. The predicted molar refractivity (Wildman–Crippen MR) is 156 cm³/mol. The number of H-pyrrole nitrogens is 1. The van der Waals surface area contributed by atoms with Crippen LogP contribution in [0.5, 0.6) is 0 Å². The summed E-state index contributed by atoms with van der Waals surface area (Å²) >= 11 is 1.29. The van der Waals surface area contributed by atoms with Crippen molar-refractivity contribution in [1.29, 1.82) is 0 Å². The van der Waals surface area contributed by atoms with E-state index in [-0.39, 0.29) is 17.3 Å². The quantitative estimate of drug-likeness (QED) is 0.206. The summed E-state index contributed by atoms with van der Waals surface area (Å²) in [5.41, 5.74) is 5.50. The van der Waals surface area contributed by atoms with Gasteiger partial charge in [0, 0.05) is 16.5 Å². The third-order valence-electron chi connectivity index (χ3n) is 6.25. The Balaban J connectivity index is 1.40. The maximum absolute atomic E-state index is 14.0. The second-order valence-corrected chi connectivity index (χ2v) is 9.86. The average molecular weight is 531 g/mol. The maximum Gasteiger partial charge on any atom is 0.234 e. The second kappa shape index (κ2) is 10.9. The van der Waals surface area contributed by atoms with Gasteiger partial charge in [-0.2, -0.15) is 0 Å². The van der Waals surface area contributed by atoms with Crippen LogP contribution in [0.4, 0.5) is 10.1 Å². The van der Waals surface area contributed by atoms with Crippen molar-refractivity contribution in [3.05, 3.63) is 121 Å². The number of aromatic amines is 1. The molecule has 7 heteroatoms. The molecular formula is C32H23FN4OS. The number of para-hydroxylation sites is 2. The Labute approximate surface area is 229 Å². The summed E-state index contributed by atoms with van der Waals surface area (Å²) in [7, 11) is 0. The van der Waals surface area contributed by atoms with Crippen LogP contribution in [0.3, 0.4) is 0 Å². The fourth-order valence-corrected chi connectivity index (χ4v) is 5.19. The van der Waals surface area contributed by atoms with Crippen LogP contribution in [0, 0.1) is 5.82 Å². The van der Waals surface area contributed by atoms with E-state index in [1.807, 2.05) is 91.0 Å². The van der Waals surface area contributed by atoms with Crippen molar-refractivity contribution >= 4 is 34.3 Å². The molecule has 190 valence electrons. The first-order chi connectivity index (χ1) is 19.2. The molecule has 0 saturated heterocycles. The summed E-state index contributed by atoms with van der Waals surface area (Å²) in [4.78, 5) is 26.2. The van der Waals surface area contributed by atoms with E-state index in [9.17, 15) is 9.18 Å². The molecule has 2 aromatic heterocycles. The number of carbonyl (C=O) groups is 1. The lowest BCUT2D eigenvalue weighted by atomic mass is 10.1. The second-order valence-electron chi connectivity index (χ2n) is 8.89. The maximum atomic E-state index is 14.0. The van der Waals surface area contributed by atoms with Gasteiger partial charge in [0.05, 0.1) is 33.9 Å². The van der Waals surface area contributed by atoms with Gasteiger partial charge < -0.3 is 10.3 Å². The van der Waals surface area contributed by atoms with Crippen LogP contribution >= 0.6 is 11.8 Å². The molecule has 6 rings (SSSR count). The number of pyridine rings is 1. The normalized spacial score (nSPS) is 11.0. The molecule has 0 spiro atoms. The Morgan fingerprint density at radius 3 is 2.23 bits per heavy atom. The standard InChI is InChI=1S/C32H23FN4OS/c33-25-16-8-10-18-27(25)34-28(38)20-39-32-24(19-23-15-7-9-17-26(23)35-32)31-36-29(21-11-3-1-4-12-21)30(37-31)22-13-5-2-6-14-22/h1-19H,20H2,(H,34,38)(H,36,37). The summed E-state index contributed by atoms with van der Waals surface area (Å²) in [6, 6.07) is 36.1. The predicted octanol–water partition coefficient (Wildman–Crippen LogP) is 7.83. The molecule has 39 heavy (non-hydrogen) atoms. The van der Waals surface area contributed by atoms with Crippen molar-refractivity contribution in [2.45, 2.75) is 5.03 Å². The van der Waals surface area contributed by atoms with Gasteiger partial charge in [-0.1, -0.05) is 103 Å². The summed E-state index contributed by atoms with van der Waals surface area (Å²) in [5, 5.41) is 4.27. The van der Waals surface area contributed by atoms with E-state index in [2.05, 4.69) is 10.3 Å². The molecule has 4 aromatic carbocycles. The van der Waals surface area contributed by atoms with E-state index < -0.39 is 5.82 Å². The molecule has 5 nitrogen and oxygen atoms in total. The smallest absolute Gasteiger partial charge is 0.234 e. The van der Waals surface area contributed by atoms with Crippen molar-refractivity contribution in [2.24, 2.45) is 0 Å². The highest BCUT2D eigenvalue weighted by Gasteiger charge is 2.19. The number of aromatic nitrogens is 3. The van der Waals surface area contributed by atoms with E-state index in [0.29, 0.717) is 10.9 Å². The molecule has 0 aliphatic carbocycles. The molecule has 0 radical (unpaired) electrons. The number of rotatable bonds is 7. The molecule has 0 aliphatic rings. The summed E-state index contributed by atoms with van der Waals surface area (Å²) < 4.78 is 14.0. The van der Waals surface area contributed by atoms with Gasteiger partial charge in [-0.05, 0) is 24.3 Å². The van der Waals surface area contributed by atoms with E-state index >= 15 is 0 Å². The van der Waals surface area contributed by atoms with Crippen LogP contribution in [-0.4, -0.2) is 26.6 Å². The van der Waals surface area contributed by atoms with Crippen molar-refractivity contribution < 1.29 is 9.18 Å².